The van der Waals surface area contributed by atoms with Crippen molar-refractivity contribution in [2.24, 2.45) is 0 Å². The number of hydrogen-bond donors (Lipinski definition) is 0. The zero-order chi connectivity index (χ0) is 18.4. The highest BCUT2D eigenvalue weighted by atomic mass is 16.7. The molecule has 2 rings (SSSR count). The molecule has 0 N–H and O–H groups in total. The maximum absolute atomic E-state index is 11.5. The second-order valence-electron chi connectivity index (χ2n) is 6.49. The van der Waals surface area contributed by atoms with Gasteiger partial charge in [0.2, 0.25) is 6.29 Å². The molecule has 4 atom stereocenters. The van der Waals surface area contributed by atoms with Crippen LogP contribution in [0.4, 0.5) is 0 Å². The largest absolute Gasteiger partial charge is 0.462 e. The number of carbonyl (C=O) groups is 3. The number of nitrogens with zero attached hydrogens (tertiary/aromatic N) is 1. The van der Waals surface area contributed by atoms with E-state index in [-0.39, 0.29) is 12.6 Å². The smallest absolute Gasteiger partial charge is 0.304 e. The quantitative estimate of drug-likeness (QED) is 0.514. The summed E-state index contributed by atoms with van der Waals surface area (Å²) in [6.45, 7) is 5.67. The van der Waals surface area contributed by atoms with Crippen LogP contribution in [-0.4, -0.2) is 67.0 Å². The van der Waals surface area contributed by atoms with Gasteiger partial charge >= 0.3 is 17.9 Å². The number of carbonyl (C=O) groups excluding carboxylic acids is 3. The molecular formula is C17H27NO7. The van der Waals surface area contributed by atoms with Gasteiger partial charge in [-0.15, -0.1) is 0 Å². The van der Waals surface area contributed by atoms with Gasteiger partial charge in [-0.2, -0.15) is 0 Å². The Morgan fingerprint density at radius 2 is 1.72 bits per heavy atom. The van der Waals surface area contributed by atoms with E-state index in [0.717, 1.165) is 25.9 Å². The lowest BCUT2D eigenvalue weighted by atomic mass is 10.00. The third-order valence-corrected chi connectivity index (χ3v) is 4.41. The molecule has 0 radical (unpaired) electrons. The molecule has 2 saturated heterocycles. The monoisotopic (exact) mass is 357 g/mol. The average molecular weight is 357 g/mol. The summed E-state index contributed by atoms with van der Waals surface area (Å²) >= 11 is 0. The van der Waals surface area contributed by atoms with E-state index in [9.17, 15) is 14.4 Å². The number of hydrogen-bond acceptors (Lipinski definition) is 8. The number of rotatable bonds is 6. The van der Waals surface area contributed by atoms with Crippen molar-refractivity contribution in [2.45, 2.75) is 71.0 Å². The second-order valence-corrected chi connectivity index (χ2v) is 6.49. The van der Waals surface area contributed by atoms with Crippen molar-refractivity contribution < 1.29 is 33.3 Å². The Kier molecular flexibility index (Phi) is 7.19. The molecule has 0 spiro atoms. The van der Waals surface area contributed by atoms with Gasteiger partial charge in [-0.3, -0.25) is 19.3 Å². The number of piperidine rings is 1. The number of esters is 3. The average Bonchev–Trinajstić information content (AvgIpc) is 2.94. The molecule has 8 nitrogen and oxygen atoms in total. The van der Waals surface area contributed by atoms with Gasteiger partial charge in [-0.25, -0.2) is 0 Å². The third-order valence-electron chi connectivity index (χ3n) is 4.41. The van der Waals surface area contributed by atoms with E-state index >= 15 is 0 Å². The maximum Gasteiger partial charge on any atom is 0.304 e. The summed E-state index contributed by atoms with van der Waals surface area (Å²) in [5.41, 5.74) is 0. The molecule has 0 aromatic heterocycles. The summed E-state index contributed by atoms with van der Waals surface area (Å²) in [6.07, 6.45) is 1.91. The predicted molar refractivity (Wildman–Crippen MR) is 86.4 cm³/mol. The van der Waals surface area contributed by atoms with Crippen molar-refractivity contribution in [1.82, 2.24) is 4.90 Å². The Labute approximate surface area is 147 Å². The van der Waals surface area contributed by atoms with Gasteiger partial charge in [-0.05, 0) is 25.9 Å². The van der Waals surface area contributed by atoms with Crippen molar-refractivity contribution in [3.8, 4) is 0 Å². The number of ether oxygens (including phenoxy) is 4. The van der Waals surface area contributed by atoms with E-state index < -0.39 is 36.4 Å². The van der Waals surface area contributed by atoms with Crippen LogP contribution in [0.15, 0.2) is 0 Å². The zero-order valence-corrected chi connectivity index (χ0v) is 15.1. The van der Waals surface area contributed by atoms with Gasteiger partial charge < -0.3 is 18.9 Å². The molecule has 25 heavy (non-hydrogen) atoms. The van der Waals surface area contributed by atoms with Gasteiger partial charge in [0.15, 0.2) is 6.10 Å². The Bertz CT molecular complexity index is 489. The first-order chi connectivity index (χ1) is 11.9. The zero-order valence-electron chi connectivity index (χ0n) is 15.1. The molecule has 2 aliphatic rings. The standard InChI is InChI=1S/C17H27NO7/c1-11(19)22-10-15(23-12(2)20)17-14(18-7-5-4-6-8-18)9-16(25-17)24-13(3)21/h14-17H,4-10H2,1-3H3/t14-,15+,16?,17-/m0/s1. The second kappa shape index (κ2) is 9.15. The molecule has 0 aromatic carbocycles. The Balaban J connectivity index is 2.14. The first-order valence-corrected chi connectivity index (χ1v) is 8.74. The minimum atomic E-state index is -0.742. The van der Waals surface area contributed by atoms with Crippen LogP contribution in [0.1, 0.15) is 46.5 Å². The predicted octanol–water partition coefficient (Wildman–Crippen LogP) is 1.01. The minimum absolute atomic E-state index is 0.0652. The molecule has 0 saturated carbocycles. The summed E-state index contributed by atoms with van der Waals surface area (Å²) in [5, 5.41) is 0. The Morgan fingerprint density at radius 1 is 1.04 bits per heavy atom. The van der Waals surface area contributed by atoms with Crippen LogP contribution in [0.2, 0.25) is 0 Å². The van der Waals surface area contributed by atoms with E-state index in [4.69, 9.17) is 18.9 Å². The highest BCUT2D eigenvalue weighted by Crippen LogP contribution is 2.31. The van der Waals surface area contributed by atoms with Gasteiger partial charge in [-0.1, -0.05) is 6.42 Å². The fourth-order valence-electron chi connectivity index (χ4n) is 3.46. The van der Waals surface area contributed by atoms with Gasteiger partial charge in [0, 0.05) is 33.2 Å². The normalized spacial score (nSPS) is 28.2. The van der Waals surface area contributed by atoms with Crippen LogP contribution in [0.25, 0.3) is 0 Å². The molecule has 2 fully saturated rings. The van der Waals surface area contributed by atoms with E-state index in [1.807, 2.05) is 0 Å². The summed E-state index contributed by atoms with van der Waals surface area (Å²) in [5.74, 6) is -1.36. The molecule has 2 aliphatic heterocycles. The van der Waals surface area contributed by atoms with Crippen LogP contribution in [-0.2, 0) is 33.3 Å². The lowest BCUT2D eigenvalue weighted by Gasteiger charge is -2.36. The molecule has 1 unspecified atom stereocenters. The lowest BCUT2D eigenvalue weighted by molar-refractivity contribution is -0.191. The summed E-state index contributed by atoms with van der Waals surface area (Å²) in [4.78, 5) is 36.2. The fraction of sp³-hybridized carbons (Fsp3) is 0.824. The number of likely N-dealkylation sites (tertiary alicyclic amines) is 1. The van der Waals surface area contributed by atoms with E-state index in [2.05, 4.69) is 4.90 Å². The lowest BCUT2D eigenvalue weighted by Crippen LogP contribution is -2.50. The van der Waals surface area contributed by atoms with Gasteiger partial charge in [0.05, 0.1) is 0 Å². The molecule has 0 amide bonds. The third kappa shape index (κ3) is 5.97. The molecule has 142 valence electrons. The van der Waals surface area contributed by atoms with Gasteiger partial charge in [0.25, 0.3) is 0 Å². The Hall–Kier alpha value is -1.67. The van der Waals surface area contributed by atoms with Crippen molar-refractivity contribution in [3.63, 3.8) is 0 Å². The molecule has 8 heteroatoms. The molecular weight excluding hydrogens is 330 g/mol. The van der Waals surface area contributed by atoms with Crippen molar-refractivity contribution in [3.05, 3.63) is 0 Å². The SMILES string of the molecule is CC(=O)OC[C@@H](OC(C)=O)[C@H]1OC(OC(C)=O)C[C@@H]1N1CCCCC1. The van der Waals surface area contributed by atoms with Crippen LogP contribution < -0.4 is 0 Å². The molecule has 0 aliphatic carbocycles. The summed E-state index contributed by atoms with van der Waals surface area (Å²) < 4.78 is 21.5. The van der Waals surface area contributed by atoms with Crippen LogP contribution in [0, 0.1) is 0 Å². The molecule has 0 bridgehead atoms. The fourth-order valence-corrected chi connectivity index (χ4v) is 3.46. The highest BCUT2D eigenvalue weighted by molar-refractivity contribution is 5.67. The van der Waals surface area contributed by atoms with Crippen molar-refractivity contribution in [1.29, 1.82) is 0 Å². The van der Waals surface area contributed by atoms with Crippen LogP contribution in [0.3, 0.4) is 0 Å². The van der Waals surface area contributed by atoms with Crippen molar-refractivity contribution >= 4 is 17.9 Å². The summed E-state index contributed by atoms with van der Waals surface area (Å²) in [6, 6.07) is -0.0652. The van der Waals surface area contributed by atoms with E-state index in [1.54, 1.807) is 0 Å². The Morgan fingerprint density at radius 3 is 2.28 bits per heavy atom. The van der Waals surface area contributed by atoms with E-state index in [0.29, 0.717) is 6.42 Å². The van der Waals surface area contributed by atoms with Crippen LogP contribution >= 0.6 is 0 Å². The minimum Gasteiger partial charge on any atom is -0.462 e. The first kappa shape index (κ1) is 19.7. The van der Waals surface area contributed by atoms with Crippen LogP contribution in [0.5, 0.6) is 0 Å². The highest BCUT2D eigenvalue weighted by Gasteiger charge is 2.46. The topological polar surface area (TPSA) is 91.4 Å². The summed E-state index contributed by atoms with van der Waals surface area (Å²) in [7, 11) is 0. The van der Waals surface area contributed by atoms with Gasteiger partial charge in [0.1, 0.15) is 12.7 Å². The molecule has 0 aromatic rings. The molecule has 2 heterocycles. The van der Waals surface area contributed by atoms with E-state index in [1.165, 1.54) is 27.2 Å². The van der Waals surface area contributed by atoms with Crippen molar-refractivity contribution in [2.75, 3.05) is 19.7 Å². The maximum atomic E-state index is 11.5. The first-order valence-electron chi connectivity index (χ1n) is 8.74.